The number of methoxy groups -OCH3 is 1. The van der Waals surface area contributed by atoms with E-state index in [-0.39, 0.29) is 10.6 Å². The van der Waals surface area contributed by atoms with Gasteiger partial charge in [0.15, 0.2) is 0 Å². The summed E-state index contributed by atoms with van der Waals surface area (Å²) in [7, 11) is 1.33. The van der Waals surface area contributed by atoms with Gasteiger partial charge in [0.2, 0.25) is 0 Å². The lowest BCUT2D eigenvalue weighted by Crippen LogP contribution is -2.42. The highest BCUT2D eigenvalue weighted by molar-refractivity contribution is 8.14. The molecule has 1 aromatic carbocycles. The summed E-state index contributed by atoms with van der Waals surface area (Å²) < 4.78 is 4.78. The molecule has 2 N–H and O–H groups in total. The average molecular weight is 308 g/mol. The van der Waals surface area contributed by atoms with E-state index in [4.69, 9.17) is 4.74 Å². The molecule has 1 fully saturated rings. The molecule has 2 rings (SSSR count). The Kier molecular flexibility index (Phi) is 6.07. The standard InChI is InChI=1S/C15H20N2O3S/c1-20-14(18)12(10-11-6-3-2-4-7-11)17-15(19)21-13-8-5-9-16-13/h2-4,6-7,12-13,16H,5,8-10H2,1H3,(H,17,19)/t12-,13-/m0/s1. The molecule has 2 atom stereocenters. The second kappa shape index (κ2) is 8.05. The first-order valence-electron chi connectivity index (χ1n) is 7.01. The molecule has 1 aromatic rings. The van der Waals surface area contributed by atoms with Crippen molar-refractivity contribution in [1.82, 2.24) is 10.6 Å². The Bertz CT molecular complexity index is 475. The molecule has 6 heteroatoms. The van der Waals surface area contributed by atoms with Crippen molar-refractivity contribution in [2.24, 2.45) is 0 Å². The van der Waals surface area contributed by atoms with E-state index >= 15 is 0 Å². The van der Waals surface area contributed by atoms with E-state index in [1.165, 1.54) is 18.9 Å². The van der Waals surface area contributed by atoms with Crippen molar-refractivity contribution in [3.05, 3.63) is 35.9 Å². The van der Waals surface area contributed by atoms with Crippen LogP contribution in [-0.2, 0) is 16.0 Å². The molecule has 0 saturated carbocycles. The number of nitrogens with one attached hydrogen (secondary N) is 2. The van der Waals surface area contributed by atoms with Gasteiger partial charge in [0.1, 0.15) is 6.04 Å². The number of benzene rings is 1. The summed E-state index contributed by atoms with van der Waals surface area (Å²) in [6.07, 6.45) is 2.48. The Labute approximate surface area is 128 Å². The Morgan fingerprint density at radius 3 is 2.81 bits per heavy atom. The summed E-state index contributed by atoms with van der Waals surface area (Å²) in [5.41, 5.74) is 0.984. The van der Waals surface area contributed by atoms with Crippen LogP contribution in [0.15, 0.2) is 30.3 Å². The molecule has 1 heterocycles. The van der Waals surface area contributed by atoms with E-state index in [0.29, 0.717) is 6.42 Å². The van der Waals surface area contributed by atoms with Gasteiger partial charge in [-0.15, -0.1) is 0 Å². The highest BCUT2D eigenvalue weighted by atomic mass is 32.2. The highest BCUT2D eigenvalue weighted by Crippen LogP contribution is 2.19. The number of amides is 1. The molecule has 5 nitrogen and oxygen atoms in total. The number of carbonyl (C=O) groups excluding carboxylic acids is 2. The minimum Gasteiger partial charge on any atom is -0.467 e. The Balaban J connectivity index is 1.92. The summed E-state index contributed by atoms with van der Waals surface area (Å²) in [5, 5.41) is 5.94. The molecule has 114 valence electrons. The maximum Gasteiger partial charge on any atom is 0.328 e. The molecule has 0 unspecified atom stereocenters. The number of hydrogen-bond donors (Lipinski definition) is 2. The fourth-order valence-corrected chi connectivity index (χ4v) is 3.20. The van der Waals surface area contributed by atoms with Crippen LogP contribution in [0, 0.1) is 0 Å². The normalized spacial score (nSPS) is 19.0. The quantitative estimate of drug-likeness (QED) is 0.814. The molecule has 0 spiro atoms. The molecule has 0 aromatic heterocycles. The molecule has 1 aliphatic rings. The van der Waals surface area contributed by atoms with Gasteiger partial charge < -0.3 is 15.4 Å². The van der Waals surface area contributed by atoms with Crippen molar-refractivity contribution >= 4 is 23.0 Å². The number of carbonyl (C=O) groups is 2. The zero-order valence-electron chi connectivity index (χ0n) is 12.0. The second-order valence-corrected chi connectivity index (χ2v) is 6.08. The van der Waals surface area contributed by atoms with Crippen LogP contribution in [0.5, 0.6) is 0 Å². The van der Waals surface area contributed by atoms with Crippen LogP contribution < -0.4 is 10.6 Å². The molecular weight excluding hydrogens is 288 g/mol. The number of thioether (sulfide) groups is 1. The largest absolute Gasteiger partial charge is 0.467 e. The monoisotopic (exact) mass is 308 g/mol. The smallest absolute Gasteiger partial charge is 0.328 e. The molecule has 1 amide bonds. The first-order chi connectivity index (χ1) is 10.2. The lowest BCUT2D eigenvalue weighted by Gasteiger charge is -2.17. The van der Waals surface area contributed by atoms with Crippen LogP contribution >= 0.6 is 11.8 Å². The van der Waals surface area contributed by atoms with Crippen molar-refractivity contribution in [2.45, 2.75) is 30.7 Å². The summed E-state index contributed by atoms with van der Waals surface area (Å²) in [5.74, 6) is -0.424. The van der Waals surface area contributed by atoms with E-state index < -0.39 is 12.0 Å². The maximum atomic E-state index is 12.0. The second-order valence-electron chi connectivity index (χ2n) is 4.90. The maximum absolute atomic E-state index is 12.0. The van der Waals surface area contributed by atoms with E-state index in [2.05, 4.69) is 10.6 Å². The van der Waals surface area contributed by atoms with Crippen LogP contribution in [0.1, 0.15) is 18.4 Å². The zero-order chi connectivity index (χ0) is 15.1. The van der Waals surface area contributed by atoms with E-state index in [0.717, 1.165) is 24.9 Å². The van der Waals surface area contributed by atoms with Crippen molar-refractivity contribution in [1.29, 1.82) is 0 Å². The molecule has 1 saturated heterocycles. The third-order valence-corrected chi connectivity index (χ3v) is 4.34. The van der Waals surface area contributed by atoms with Gasteiger partial charge >= 0.3 is 5.97 Å². The van der Waals surface area contributed by atoms with Gasteiger partial charge in [-0.1, -0.05) is 30.3 Å². The van der Waals surface area contributed by atoms with Crippen LogP contribution in [0.2, 0.25) is 0 Å². The molecular formula is C15H20N2O3S. The summed E-state index contributed by atoms with van der Waals surface area (Å²) in [6, 6.07) is 8.92. The van der Waals surface area contributed by atoms with Crippen LogP contribution in [-0.4, -0.2) is 36.3 Å². The number of esters is 1. The van der Waals surface area contributed by atoms with Crippen molar-refractivity contribution in [3.8, 4) is 0 Å². The summed E-state index contributed by atoms with van der Waals surface area (Å²) in [6.45, 7) is 0.940. The average Bonchev–Trinajstić information content (AvgIpc) is 2.99. The van der Waals surface area contributed by atoms with Gasteiger partial charge in [0.25, 0.3) is 5.24 Å². The van der Waals surface area contributed by atoms with E-state index in [9.17, 15) is 9.59 Å². The lowest BCUT2D eigenvalue weighted by molar-refractivity contribution is -0.142. The Morgan fingerprint density at radius 1 is 1.43 bits per heavy atom. The van der Waals surface area contributed by atoms with Crippen LogP contribution in [0.4, 0.5) is 4.79 Å². The predicted octanol–water partition coefficient (Wildman–Crippen LogP) is 1.92. The topological polar surface area (TPSA) is 67.4 Å². The van der Waals surface area contributed by atoms with Gasteiger partial charge in [0, 0.05) is 6.42 Å². The van der Waals surface area contributed by atoms with Crippen molar-refractivity contribution in [3.63, 3.8) is 0 Å². The fraction of sp³-hybridized carbons (Fsp3) is 0.467. The SMILES string of the molecule is COC(=O)[C@H](Cc1ccccc1)NC(=O)S[C@H]1CCCN1. The fourth-order valence-electron chi connectivity index (χ4n) is 2.24. The van der Waals surface area contributed by atoms with Gasteiger partial charge in [-0.05, 0) is 36.7 Å². The predicted molar refractivity (Wildman–Crippen MR) is 83.1 cm³/mol. The van der Waals surface area contributed by atoms with Crippen LogP contribution in [0.3, 0.4) is 0 Å². The molecule has 0 aliphatic carbocycles. The number of rotatable bonds is 5. The number of hydrogen-bond acceptors (Lipinski definition) is 5. The summed E-state index contributed by atoms with van der Waals surface area (Å²) in [4.78, 5) is 23.9. The highest BCUT2D eigenvalue weighted by Gasteiger charge is 2.25. The van der Waals surface area contributed by atoms with Crippen molar-refractivity contribution in [2.75, 3.05) is 13.7 Å². The molecule has 1 aliphatic heterocycles. The van der Waals surface area contributed by atoms with Crippen LogP contribution in [0.25, 0.3) is 0 Å². The van der Waals surface area contributed by atoms with Gasteiger partial charge in [-0.25, -0.2) is 4.79 Å². The number of ether oxygens (including phenoxy) is 1. The summed E-state index contributed by atoms with van der Waals surface area (Å²) >= 11 is 1.21. The molecule has 0 bridgehead atoms. The van der Waals surface area contributed by atoms with Gasteiger partial charge in [0.05, 0.1) is 12.5 Å². The van der Waals surface area contributed by atoms with Gasteiger partial charge in [-0.3, -0.25) is 4.79 Å². The third kappa shape index (κ3) is 5.06. The first kappa shape index (κ1) is 15.9. The van der Waals surface area contributed by atoms with Gasteiger partial charge in [-0.2, -0.15) is 0 Å². The Morgan fingerprint density at radius 2 is 2.19 bits per heavy atom. The minimum absolute atomic E-state index is 0.139. The zero-order valence-corrected chi connectivity index (χ0v) is 12.8. The van der Waals surface area contributed by atoms with E-state index in [1.807, 2.05) is 30.3 Å². The lowest BCUT2D eigenvalue weighted by atomic mass is 10.1. The van der Waals surface area contributed by atoms with E-state index in [1.54, 1.807) is 0 Å². The third-order valence-electron chi connectivity index (χ3n) is 3.32. The molecule has 21 heavy (non-hydrogen) atoms. The Hall–Kier alpha value is -1.53. The minimum atomic E-state index is -0.654. The molecule has 0 radical (unpaired) electrons. The van der Waals surface area contributed by atoms with Crippen molar-refractivity contribution < 1.29 is 14.3 Å². The first-order valence-corrected chi connectivity index (χ1v) is 7.89.